The van der Waals surface area contributed by atoms with E-state index in [1.54, 1.807) is 17.5 Å². The highest BCUT2D eigenvalue weighted by molar-refractivity contribution is 7.13. The molecule has 13 heavy (non-hydrogen) atoms. The summed E-state index contributed by atoms with van der Waals surface area (Å²) in [6, 6.07) is 6.05. The van der Waals surface area contributed by atoms with E-state index in [0.717, 1.165) is 16.4 Å². The van der Waals surface area contributed by atoms with Gasteiger partial charge >= 0.3 is 0 Å². The first-order valence-electron chi connectivity index (χ1n) is 3.85. The summed E-state index contributed by atoms with van der Waals surface area (Å²) >= 11 is 1.63. The molecule has 0 aromatic carbocycles. The van der Waals surface area contributed by atoms with Crippen LogP contribution in [0.2, 0.25) is 0 Å². The number of nitrogens with one attached hydrogen (secondary N) is 1. The molecule has 0 saturated heterocycles. The molecule has 3 nitrogen and oxygen atoms in total. The third-order valence-corrected chi connectivity index (χ3v) is 2.53. The lowest BCUT2D eigenvalue weighted by Gasteiger charge is -1.87. The predicted molar refractivity (Wildman–Crippen MR) is 51.2 cm³/mol. The molecule has 0 fully saturated rings. The summed E-state index contributed by atoms with van der Waals surface area (Å²) in [7, 11) is 0. The first kappa shape index (κ1) is 8.02. The number of rotatable bonds is 2. The Morgan fingerprint density at radius 1 is 1.62 bits per heavy atom. The van der Waals surface area contributed by atoms with Crippen molar-refractivity contribution in [1.82, 2.24) is 9.97 Å². The molecular weight excluding hydrogens is 182 g/mol. The molecule has 1 N–H and O–H groups in total. The lowest BCUT2D eigenvalue weighted by Crippen LogP contribution is -1.79. The van der Waals surface area contributed by atoms with Gasteiger partial charge < -0.3 is 4.98 Å². The minimum atomic E-state index is 0.387. The van der Waals surface area contributed by atoms with Crippen LogP contribution < -0.4 is 0 Å². The second kappa shape index (κ2) is 3.42. The van der Waals surface area contributed by atoms with Crippen molar-refractivity contribution in [2.45, 2.75) is 6.42 Å². The van der Waals surface area contributed by atoms with E-state index in [9.17, 15) is 0 Å². The number of thiophene rings is 1. The molecule has 0 unspecified atom stereocenters. The molecule has 0 saturated carbocycles. The molecule has 0 aliphatic carbocycles. The van der Waals surface area contributed by atoms with Crippen molar-refractivity contribution in [3.8, 4) is 16.8 Å². The van der Waals surface area contributed by atoms with Crippen LogP contribution in [0.3, 0.4) is 0 Å². The fraction of sp³-hybridized carbons (Fsp3) is 0.111. The van der Waals surface area contributed by atoms with Crippen LogP contribution in [0.4, 0.5) is 0 Å². The van der Waals surface area contributed by atoms with Crippen molar-refractivity contribution >= 4 is 11.3 Å². The molecular formula is C9H7N3S. The minimum absolute atomic E-state index is 0.387. The summed E-state index contributed by atoms with van der Waals surface area (Å²) < 4.78 is 0. The maximum Gasteiger partial charge on any atom is 0.147 e. The number of H-pyrrole nitrogens is 1. The van der Waals surface area contributed by atoms with Crippen LogP contribution in [-0.2, 0) is 6.42 Å². The van der Waals surface area contributed by atoms with Gasteiger partial charge in [0.05, 0.1) is 17.4 Å². The topological polar surface area (TPSA) is 52.5 Å². The van der Waals surface area contributed by atoms with Crippen molar-refractivity contribution in [3.05, 3.63) is 29.4 Å². The SMILES string of the molecule is N#CCc1cnc(-c2cccs2)[nH]1. The van der Waals surface area contributed by atoms with Crippen molar-refractivity contribution in [2.75, 3.05) is 0 Å². The van der Waals surface area contributed by atoms with Crippen LogP contribution in [0.15, 0.2) is 23.7 Å². The average Bonchev–Trinajstić information content (AvgIpc) is 2.70. The van der Waals surface area contributed by atoms with E-state index in [2.05, 4.69) is 16.0 Å². The number of hydrogen-bond donors (Lipinski definition) is 1. The van der Waals surface area contributed by atoms with Gasteiger partial charge in [0.15, 0.2) is 0 Å². The van der Waals surface area contributed by atoms with Gasteiger partial charge in [-0.2, -0.15) is 5.26 Å². The van der Waals surface area contributed by atoms with Gasteiger partial charge in [-0.3, -0.25) is 0 Å². The highest BCUT2D eigenvalue weighted by atomic mass is 32.1. The molecule has 2 aromatic heterocycles. The Morgan fingerprint density at radius 3 is 3.23 bits per heavy atom. The van der Waals surface area contributed by atoms with Gasteiger partial charge in [0, 0.05) is 11.9 Å². The van der Waals surface area contributed by atoms with Crippen LogP contribution in [0.5, 0.6) is 0 Å². The van der Waals surface area contributed by atoms with Crippen LogP contribution >= 0.6 is 11.3 Å². The van der Waals surface area contributed by atoms with E-state index in [1.807, 2.05) is 17.5 Å². The molecule has 0 bridgehead atoms. The maximum absolute atomic E-state index is 8.46. The van der Waals surface area contributed by atoms with E-state index in [0.29, 0.717) is 6.42 Å². The van der Waals surface area contributed by atoms with E-state index < -0.39 is 0 Å². The molecule has 64 valence electrons. The van der Waals surface area contributed by atoms with E-state index in [1.165, 1.54) is 0 Å². The smallest absolute Gasteiger partial charge is 0.147 e. The Balaban J connectivity index is 2.29. The van der Waals surface area contributed by atoms with Gasteiger partial charge in [-0.15, -0.1) is 11.3 Å². The first-order chi connectivity index (χ1) is 6.40. The third-order valence-electron chi connectivity index (χ3n) is 1.65. The minimum Gasteiger partial charge on any atom is -0.340 e. The number of hydrogen-bond acceptors (Lipinski definition) is 3. The molecule has 0 radical (unpaired) electrons. The predicted octanol–water partition coefficient (Wildman–Crippen LogP) is 2.20. The Bertz CT molecular complexity index is 422. The summed E-state index contributed by atoms with van der Waals surface area (Å²) in [4.78, 5) is 8.38. The Hall–Kier alpha value is -1.60. The first-order valence-corrected chi connectivity index (χ1v) is 4.73. The maximum atomic E-state index is 8.46. The van der Waals surface area contributed by atoms with E-state index in [-0.39, 0.29) is 0 Å². The summed E-state index contributed by atoms with van der Waals surface area (Å²) in [6.45, 7) is 0. The summed E-state index contributed by atoms with van der Waals surface area (Å²) in [5, 5.41) is 10.5. The molecule has 0 amide bonds. The van der Waals surface area contributed by atoms with Gasteiger partial charge in [-0.05, 0) is 11.4 Å². The van der Waals surface area contributed by atoms with Gasteiger partial charge in [-0.25, -0.2) is 4.98 Å². The monoisotopic (exact) mass is 189 g/mol. The standard InChI is InChI=1S/C9H7N3S/c10-4-3-7-6-11-9(12-7)8-2-1-5-13-8/h1-2,5-6H,3H2,(H,11,12). The zero-order valence-electron chi connectivity index (χ0n) is 6.82. The largest absolute Gasteiger partial charge is 0.340 e. The van der Waals surface area contributed by atoms with Gasteiger partial charge in [-0.1, -0.05) is 6.07 Å². The third kappa shape index (κ3) is 1.60. The van der Waals surface area contributed by atoms with Crippen molar-refractivity contribution in [2.24, 2.45) is 0 Å². The molecule has 0 aliphatic heterocycles. The molecule has 2 rings (SSSR count). The number of nitriles is 1. The fourth-order valence-electron chi connectivity index (χ4n) is 1.07. The highest BCUT2D eigenvalue weighted by Gasteiger charge is 2.02. The molecule has 2 heterocycles. The summed E-state index contributed by atoms with van der Waals surface area (Å²) in [6.07, 6.45) is 2.09. The zero-order valence-corrected chi connectivity index (χ0v) is 7.64. The number of nitrogens with zero attached hydrogens (tertiary/aromatic N) is 2. The number of imidazole rings is 1. The van der Waals surface area contributed by atoms with Crippen LogP contribution in [-0.4, -0.2) is 9.97 Å². The van der Waals surface area contributed by atoms with Crippen LogP contribution in [0.25, 0.3) is 10.7 Å². The Labute approximate surface area is 79.7 Å². The van der Waals surface area contributed by atoms with E-state index in [4.69, 9.17) is 5.26 Å². The van der Waals surface area contributed by atoms with Crippen molar-refractivity contribution in [3.63, 3.8) is 0 Å². The molecule has 4 heteroatoms. The molecule has 0 spiro atoms. The second-order valence-corrected chi connectivity index (χ2v) is 3.52. The number of aromatic amines is 1. The van der Waals surface area contributed by atoms with Gasteiger partial charge in [0.25, 0.3) is 0 Å². The van der Waals surface area contributed by atoms with Crippen LogP contribution in [0, 0.1) is 11.3 Å². The lowest BCUT2D eigenvalue weighted by atomic mass is 10.4. The summed E-state index contributed by atoms with van der Waals surface area (Å²) in [5.74, 6) is 0.847. The van der Waals surface area contributed by atoms with E-state index >= 15 is 0 Å². The van der Waals surface area contributed by atoms with Crippen molar-refractivity contribution < 1.29 is 0 Å². The lowest BCUT2D eigenvalue weighted by molar-refractivity contribution is 1.16. The van der Waals surface area contributed by atoms with Crippen molar-refractivity contribution in [1.29, 1.82) is 5.26 Å². The normalized spacial score (nSPS) is 9.77. The van der Waals surface area contributed by atoms with Gasteiger partial charge in [0.1, 0.15) is 5.82 Å². The van der Waals surface area contributed by atoms with Crippen LogP contribution in [0.1, 0.15) is 5.69 Å². The second-order valence-electron chi connectivity index (χ2n) is 2.57. The number of aromatic nitrogens is 2. The van der Waals surface area contributed by atoms with Gasteiger partial charge in [0.2, 0.25) is 0 Å². The zero-order chi connectivity index (χ0) is 9.10. The molecule has 0 atom stereocenters. The summed E-state index contributed by atoms with van der Waals surface area (Å²) in [5.41, 5.74) is 0.867. The molecule has 0 aliphatic rings. The fourth-order valence-corrected chi connectivity index (χ4v) is 1.75. The Morgan fingerprint density at radius 2 is 2.54 bits per heavy atom. The highest BCUT2D eigenvalue weighted by Crippen LogP contribution is 2.21. The average molecular weight is 189 g/mol. The quantitative estimate of drug-likeness (QED) is 0.787. The Kier molecular flexibility index (Phi) is 2.11. The molecule has 2 aromatic rings.